The van der Waals surface area contributed by atoms with Crippen molar-refractivity contribution in [2.45, 2.75) is 13.8 Å². The van der Waals surface area contributed by atoms with Crippen LogP contribution in [0.15, 0.2) is 21.3 Å². The van der Waals surface area contributed by atoms with Gasteiger partial charge in [0, 0.05) is 26.2 Å². The molecule has 0 atom stereocenters. The zero-order valence-corrected chi connectivity index (χ0v) is 13.9. The standard InChI is InChI=1S/C16H20N2O3.ClH/c1-10-8-12(19)14-11(2)15(16(20)21-13(14)9-10)18-6-4-17(3)5-7-18;/h8-9,19H,4-7H2,1-3H3;1H. The van der Waals surface area contributed by atoms with Crippen molar-refractivity contribution in [3.63, 3.8) is 0 Å². The van der Waals surface area contributed by atoms with Gasteiger partial charge in [-0.25, -0.2) is 4.79 Å². The van der Waals surface area contributed by atoms with Gasteiger partial charge in [0.05, 0.1) is 5.39 Å². The maximum Gasteiger partial charge on any atom is 0.360 e. The van der Waals surface area contributed by atoms with Crippen LogP contribution < -0.4 is 10.5 Å². The summed E-state index contributed by atoms with van der Waals surface area (Å²) in [7, 11) is 2.07. The Balaban J connectivity index is 0.00000176. The van der Waals surface area contributed by atoms with Crippen LogP contribution in [-0.2, 0) is 0 Å². The molecule has 0 bridgehead atoms. The molecule has 1 aromatic carbocycles. The number of benzene rings is 1. The number of likely N-dealkylation sites (N-methyl/N-ethyl adjacent to an activating group) is 1. The lowest BCUT2D eigenvalue weighted by Crippen LogP contribution is -2.46. The van der Waals surface area contributed by atoms with Crippen molar-refractivity contribution in [1.29, 1.82) is 0 Å². The van der Waals surface area contributed by atoms with E-state index in [0.29, 0.717) is 16.7 Å². The van der Waals surface area contributed by atoms with Crippen molar-refractivity contribution < 1.29 is 9.52 Å². The molecule has 0 saturated carbocycles. The fourth-order valence-corrected chi connectivity index (χ4v) is 3.01. The van der Waals surface area contributed by atoms with E-state index in [9.17, 15) is 9.90 Å². The lowest BCUT2D eigenvalue weighted by molar-refractivity contribution is 0.311. The van der Waals surface area contributed by atoms with Crippen LogP contribution in [0.1, 0.15) is 11.1 Å². The maximum atomic E-state index is 12.4. The molecule has 2 heterocycles. The second-order valence-corrected chi connectivity index (χ2v) is 5.81. The van der Waals surface area contributed by atoms with E-state index in [1.165, 1.54) is 0 Å². The highest BCUT2D eigenvalue weighted by Crippen LogP contribution is 2.32. The van der Waals surface area contributed by atoms with Crippen molar-refractivity contribution in [2.75, 3.05) is 38.1 Å². The second-order valence-electron chi connectivity index (χ2n) is 5.81. The van der Waals surface area contributed by atoms with E-state index in [1.54, 1.807) is 12.1 Å². The Hall–Kier alpha value is -1.72. The molecule has 0 amide bonds. The van der Waals surface area contributed by atoms with Gasteiger partial charge in [-0.2, -0.15) is 0 Å². The summed E-state index contributed by atoms with van der Waals surface area (Å²) in [4.78, 5) is 16.6. The third kappa shape index (κ3) is 2.78. The lowest BCUT2D eigenvalue weighted by Gasteiger charge is -2.34. The van der Waals surface area contributed by atoms with E-state index in [0.717, 1.165) is 37.3 Å². The van der Waals surface area contributed by atoms with Gasteiger partial charge >= 0.3 is 5.63 Å². The highest BCUT2D eigenvalue weighted by atomic mass is 35.5. The van der Waals surface area contributed by atoms with Crippen molar-refractivity contribution in [3.8, 4) is 5.75 Å². The number of hydrogen-bond donors (Lipinski definition) is 1. The van der Waals surface area contributed by atoms with Gasteiger partial charge in [-0.05, 0) is 44.2 Å². The zero-order chi connectivity index (χ0) is 15.1. The fourth-order valence-electron chi connectivity index (χ4n) is 3.01. The topological polar surface area (TPSA) is 56.9 Å². The molecule has 6 heteroatoms. The van der Waals surface area contributed by atoms with Crippen molar-refractivity contribution in [1.82, 2.24) is 4.90 Å². The summed E-state index contributed by atoms with van der Waals surface area (Å²) in [6, 6.07) is 3.49. The van der Waals surface area contributed by atoms with Gasteiger partial charge in [-0.15, -0.1) is 12.4 Å². The molecule has 22 heavy (non-hydrogen) atoms. The largest absolute Gasteiger partial charge is 0.507 e. The predicted octanol–water partition coefficient (Wildman–Crippen LogP) is 2.29. The van der Waals surface area contributed by atoms with Crippen molar-refractivity contribution in [2.24, 2.45) is 0 Å². The summed E-state index contributed by atoms with van der Waals surface area (Å²) >= 11 is 0. The van der Waals surface area contributed by atoms with Crippen molar-refractivity contribution in [3.05, 3.63) is 33.7 Å². The third-order valence-corrected chi connectivity index (χ3v) is 4.17. The van der Waals surface area contributed by atoms with Crippen LogP contribution in [0.3, 0.4) is 0 Å². The molecule has 5 nitrogen and oxygen atoms in total. The number of anilines is 1. The summed E-state index contributed by atoms with van der Waals surface area (Å²) in [5, 5.41) is 10.8. The third-order valence-electron chi connectivity index (χ3n) is 4.17. The van der Waals surface area contributed by atoms with E-state index >= 15 is 0 Å². The fraction of sp³-hybridized carbons (Fsp3) is 0.438. The first kappa shape index (κ1) is 16.6. The van der Waals surface area contributed by atoms with Gasteiger partial charge < -0.3 is 19.3 Å². The molecule has 1 saturated heterocycles. The van der Waals surface area contributed by atoms with Crippen molar-refractivity contribution >= 4 is 29.1 Å². The Labute approximate surface area is 135 Å². The molecule has 1 fully saturated rings. The van der Waals surface area contributed by atoms with E-state index < -0.39 is 0 Å². The van der Waals surface area contributed by atoms with Crippen LogP contribution in [0.4, 0.5) is 5.69 Å². The van der Waals surface area contributed by atoms with Crippen LogP contribution in [0.2, 0.25) is 0 Å². The molecule has 1 aliphatic rings. The molecule has 0 unspecified atom stereocenters. The molecular weight excluding hydrogens is 304 g/mol. The Morgan fingerprint density at radius 1 is 1.14 bits per heavy atom. The predicted molar refractivity (Wildman–Crippen MR) is 90.6 cm³/mol. The van der Waals surface area contributed by atoms with Gasteiger partial charge in [-0.3, -0.25) is 0 Å². The second kappa shape index (κ2) is 6.18. The van der Waals surface area contributed by atoms with Gasteiger partial charge in [0.2, 0.25) is 0 Å². The minimum atomic E-state index is -0.324. The van der Waals surface area contributed by atoms with E-state index in [4.69, 9.17) is 4.42 Å². The minimum Gasteiger partial charge on any atom is -0.507 e. The number of phenols is 1. The lowest BCUT2D eigenvalue weighted by atomic mass is 10.1. The maximum absolute atomic E-state index is 12.4. The zero-order valence-electron chi connectivity index (χ0n) is 13.0. The highest BCUT2D eigenvalue weighted by Gasteiger charge is 2.22. The SMILES string of the molecule is Cc1cc(O)c2c(C)c(N3CCN(C)CC3)c(=O)oc2c1.Cl. The molecular formula is C16H21ClN2O3. The Morgan fingerprint density at radius 2 is 1.77 bits per heavy atom. The first-order valence-corrected chi connectivity index (χ1v) is 7.18. The number of halogens is 1. The number of piperazine rings is 1. The quantitative estimate of drug-likeness (QED) is 0.816. The number of aryl methyl sites for hydroxylation is 2. The summed E-state index contributed by atoms with van der Waals surface area (Å²) in [6.07, 6.45) is 0. The number of aromatic hydroxyl groups is 1. The molecule has 1 N–H and O–H groups in total. The molecule has 3 rings (SSSR count). The number of hydrogen-bond acceptors (Lipinski definition) is 5. The van der Waals surface area contributed by atoms with E-state index in [1.807, 2.05) is 13.8 Å². The Bertz CT molecular complexity index is 749. The first-order valence-electron chi connectivity index (χ1n) is 7.18. The molecule has 0 radical (unpaired) electrons. The van der Waals surface area contributed by atoms with E-state index in [2.05, 4.69) is 16.8 Å². The first-order chi connectivity index (χ1) is 9.97. The van der Waals surface area contributed by atoms with Gasteiger partial charge in [-0.1, -0.05) is 0 Å². The minimum absolute atomic E-state index is 0. The number of rotatable bonds is 1. The monoisotopic (exact) mass is 324 g/mol. The summed E-state index contributed by atoms with van der Waals surface area (Å²) < 4.78 is 5.44. The van der Waals surface area contributed by atoms with Gasteiger partial charge in [0.15, 0.2) is 0 Å². The van der Waals surface area contributed by atoms with Crippen LogP contribution in [-0.4, -0.2) is 43.2 Å². The molecule has 0 spiro atoms. The number of fused-ring (bicyclic) bond motifs is 1. The molecule has 2 aromatic rings. The average molecular weight is 325 g/mol. The number of nitrogens with zero attached hydrogens (tertiary/aromatic N) is 2. The smallest absolute Gasteiger partial charge is 0.360 e. The Kier molecular flexibility index (Phi) is 4.68. The normalized spacial score (nSPS) is 15.9. The molecule has 1 aliphatic heterocycles. The Morgan fingerprint density at radius 3 is 2.41 bits per heavy atom. The molecule has 0 aliphatic carbocycles. The van der Waals surface area contributed by atoms with Crippen LogP contribution in [0, 0.1) is 13.8 Å². The van der Waals surface area contributed by atoms with Crippen LogP contribution in [0.25, 0.3) is 11.0 Å². The number of phenolic OH excluding ortho intramolecular Hbond substituents is 1. The van der Waals surface area contributed by atoms with Gasteiger partial charge in [0.1, 0.15) is 17.0 Å². The molecule has 120 valence electrons. The van der Waals surface area contributed by atoms with Crippen LogP contribution in [0.5, 0.6) is 5.75 Å². The van der Waals surface area contributed by atoms with Crippen LogP contribution >= 0.6 is 12.4 Å². The highest BCUT2D eigenvalue weighted by molar-refractivity contribution is 5.90. The van der Waals surface area contributed by atoms with Gasteiger partial charge in [0.25, 0.3) is 0 Å². The van der Waals surface area contributed by atoms with E-state index in [-0.39, 0.29) is 23.8 Å². The molecule has 1 aromatic heterocycles. The summed E-state index contributed by atoms with van der Waals surface area (Å²) in [5.41, 5.74) is 2.37. The average Bonchev–Trinajstić information content (AvgIpc) is 2.39. The summed E-state index contributed by atoms with van der Waals surface area (Å²) in [6.45, 7) is 7.15. The summed E-state index contributed by atoms with van der Waals surface area (Å²) in [5.74, 6) is 0.168.